The van der Waals surface area contributed by atoms with Crippen molar-refractivity contribution in [2.24, 2.45) is 0 Å². The van der Waals surface area contributed by atoms with Gasteiger partial charge in [-0.2, -0.15) is 5.10 Å². The molecule has 1 aromatic carbocycles. The maximum Gasteiger partial charge on any atom is 0.128 e. The van der Waals surface area contributed by atoms with Gasteiger partial charge in [-0.15, -0.1) is 0 Å². The van der Waals surface area contributed by atoms with Crippen LogP contribution in [0.1, 0.15) is 37.4 Å². The topological polar surface area (TPSA) is 39.1 Å². The second kappa shape index (κ2) is 5.57. The van der Waals surface area contributed by atoms with Gasteiger partial charge in [0.05, 0.1) is 18.8 Å². The average Bonchev–Trinajstić information content (AvgIpc) is 2.91. The van der Waals surface area contributed by atoms with E-state index in [-0.39, 0.29) is 0 Å². The normalized spacial score (nSPS) is 17.4. The standard InChI is InChI=1S/C16H21N3O/c1-3-12-11-18-19-15(9-10-17-16(12)19)13-5-7-14(8-6-13)20-4-2/h5-8,11,15,17H,3-4,9-10H2,1-2H3. The second-order valence-corrected chi connectivity index (χ2v) is 5.05. The number of ether oxygens (including phenoxy) is 1. The fourth-order valence-electron chi connectivity index (χ4n) is 2.80. The molecule has 106 valence electrons. The molecule has 1 aromatic heterocycles. The lowest BCUT2D eigenvalue weighted by Crippen LogP contribution is -2.24. The molecule has 1 atom stereocenters. The molecular weight excluding hydrogens is 250 g/mol. The van der Waals surface area contributed by atoms with Crippen molar-refractivity contribution in [3.05, 3.63) is 41.6 Å². The first kappa shape index (κ1) is 13.0. The number of nitrogens with zero attached hydrogens (tertiary/aromatic N) is 2. The first-order valence-corrected chi connectivity index (χ1v) is 7.36. The van der Waals surface area contributed by atoms with Crippen molar-refractivity contribution in [3.63, 3.8) is 0 Å². The van der Waals surface area contributed by atoms with Gasteiger partial charge in [0, 0.05) is 12.1 Å². The highest BCUT2D eigenvalue weighted by molar-refractivity contribution is 5.47. The first-order chi connectivity index (χ1) is 9.83. The van der Waals surface area contributed by atoms with Gasteiger partial charge in [-0.3, -0.25) is 0 Å². The van der Waals surface area contributed by atoms with E-state index in [1.807, 2.05) is 25.3 Å². The Morgan fingerprint density at radius 3 is 2.80 bits per heavy atom. The average molecular weight is 271 g/mol. The van der Waals surface area contributed by atoms with Crippen molar-refractivity contribution in [1.82, 2.24) is 9.78 Å². The lowest BCUT2D eigenvalue weighted by Gasteiger charge is -2.27. The molecule has 2 heterocycles. The number of nitrogens with one attached hydrogen (secondary N) is 1. The van der Waals surface area contributed by atoms with Gasteiger partial charge in [0.15, 0.2) is 0 Å². The van der Waals surface area contributed by atoms with Crippen molar-refractivity contribution < 1.29 is 4.74 Å². The minimum Gasteiger partial charge on any atom is -0.494 e. The molecule has 1 N–H and O–H groups in total. The Labute approximate surface area is 119 Å². The number of aryl methyl sites for hydroxylation is 1. The fourth-order valence-corrected chi connectivity index (χ4v) is 2.80. The smallest absolute Gasteiger partial charge is 0.128 e. The van der Waals surface area contributed by atoms with Gasteiger partial charge < -0.3 is 10.1 Å². The van der Waals surface area contributed by atoms with Crippen molar-refractivity contribution in [1.29, 1.82) is 0 Å². The Morgan fingerprint density at radius 1 is 1.30 bits per heavy atom. The summed E-state index contributed by atoms with van der Waals surface area (Å²) in [4.78, 5) is 0. The van der Waals surface area contributed by atoms with Crippen LogP contribution in [0.2, 0.25) is 0 Å². The summed E-state index contributed by atoms with van der Waals surface area (Å²) >= 11 is 0. The van der Waals surface area contributed by atoms with Gasteiger partial charge in [-0.05, 0) is 37.5 Å². The molecule has 0 spiro atoms. The number of rotatable bonds is 4. The highest BCUT2D eigenvalue weighted by atomic mass is 16.5. The summed E-state index contributed by atoms with van der Waals surface area (Å²) in [7, 11) is 0. The highest BCUT2D eigenvalue weighted by Gasteiger charge is 2.23. The van der Waals surface area contributed by atoms with Crippen LogP contribution in [0.15, 0.2) is 30.5 Å². The van der Waals surface area contributed by atoms with Gasteiger partial charge in [0.2, 0.25) is 0 Å². The van der Waals surface area contributed by atoms with E-state index in [2.05, 4.69) is 34.2 Å². The first-order valence-electron chi connectivity index (χ1n) is 7.36. The SMILES string of the molecule is CCOc1ccc(C2CCNc3c(CC)cnn32)cc1. The second-order valence-electron chi connectivity index (χ2n) is 5.05. The third-order valence-electron chi connectivity index (χ3n) is 3.83. The van der Waals surface area contributed by atoms with Crippen LogP contribution in [0.4, 0.5) is 5.82 Å². The summed E-state index contributed by atoms with van der Waals surface area (Å²) in [6.45, 7) is 5.87. The Kier molecular flexibility index (Phi) is 3.63. The summed E-state index contributed by atoms with van der Waals surface area (Å²) in [6.07, 6.45) is 4.05. The van der Waals surface area contributed by atoms with Gasteiger partial charge in [0.1, 0.15) is 11.6 Å². The summed E-state index contributed by atoms with van der Waals surface area (Å²) in [5, 5.41) is 8.04. The molecule has 0 saturated carbocycles. The maximum atomic E-state index is 5.50. The van der Waals surface area contributed by atoms with Crippen LogP contribution in [0, 0.1) is 0 Å². The Hall–Kier alpha value is -1.97. The fraction of sp³-hybridized carbons (Fsp3) is 0.438. The summed E-state index contributed by atoms with van der Waals surface area (Å²) in [5.74, 6) is 2.11. The van der Waals surface area contributed by atoms with Crippen molar-refractivity contribution in [2.45, 2.75) is 32.7 Å². The molecule has 4 nitrogen and oxygen atoms in total. The number of anilines is 1. The third kappa shape index (κ3) is 2.26. The van der Waals surface area contributed by atoms with Gasteiger partial charge in [0.25, 0.3) is 0 Å². The molecule has 1 aliphatic rings. The third-order valence-corrected chi connectivity index (χ3v) is 3.83. The zero-order chi connectivity index (χ0) is 13.9. The van der Waals surface area contributed by atoms with E-state index in [1.165, 1.54) is 16.9 Å². The zero-order valence-electron chi connectivity index (χ0n) is 12.1. The van der Waals surface area contributed by atoms with Gasteiger partial charge in [-0.1, -0.05) is 19.1 Å². The minimum absolute atomic E-state index is 0.322. The van der Waals surface area contributed by atoms with Crippen molar-refractivity contribution >= 4 is 5.82 Å². The largest absolute Gasteiger partial charge is 0.494 e. The molecule has 2 aromatic rings. The van der Waals surface area contributed by atoms with Gasteiger partial charge in [-0.25, -0.2) is 4.68 Å². The number of aromatic nitrogens is 2. The molecule has 3 rings (SSSR count). The molecule has 0 amide bonds. The van der Waals surface area contributed by atoms with Crippen LogP contribution in [-0.4, -0.2) is 22.9 Å². The Morgan fingerprint density at radius 2 is 2.10 bits per heavy atom. The van der Waals surface area contributed by atoms with E-state index in [1.54, 1.807) is 0 Å². The monoisotopic (exact) mass is 271 g/mol. The summed E-state index contributed by atoms with van der Waals surface area (Å²) < 4.78 is 7.63. The minimum atomic E-state index is 0.322. The highest BCUT2D eigenvalue weighted by Crippen LogP contribution is 2.32. The molecule has 1 unspecified atom stereocenters. The number of fused-ring (bicyclic) bond motifs is 1. The maximum absolute atomic E-state index is 5.50. The molecular formula is C16H21N3O. The van der Waals surface area contributed by atoms with Gasteiger partial charge >= 0.3 is 0 Å². The lowest BCUT2D eigenvalue weighted by atomic mass is 10.0. The lowest BCUT2D eigenvalue weighted by molar-refractivity contribution is 0.340. The molecule has 0 radical (unpaired) electrons. The van der Waals surface area contributed by atoms with Crippen LogP contribution >= 0.6 is 0 Å². The predicted octanol–water partition coefficient (Wildman–Crippen LogP) is 3.25. The summed E-state index contributed by atoms with van der Waals surface area (Å²) in [6, 6.07) is 8.72. The van der Waals surface area contributed by atoms with Crippen LogP contribution in [-0.2, 0) is 6.42 Å². The van der Waals surface area contributed by atoms with E-state index in [4.69, 9.17) is 4.74 Å². The van der Waals surface area contributed by atoms with E-state index in [9.17, 15) is 0 Å². The molecule has 0 fully saturated rings. The molecule has 0 bridgehead atoms. The van der Waals surface area contributed by atoms with E-state index >= 15 is 0 Å². The molecule has 0 aliphatic carbocycles. The molecule has 0 saturated heterocycles. The molecule has 20 heavy (non-hydrogen) atoms. The van der Waals surface area contributed by atoms with E-state index in [0.717, 1.165) is 25.1 Å². The van der Waals surface area contributed by atoms with E-state index in [0.29, 0.717) is 12.6 Å². The van der Waals surface area contributed by atoms with Crippen LogP contribution in [0.3, 0.4) is 0 Å². The Bertz CT molecular complexity index is 574. The number of hydrogen-bond acceptors (Lipinski definition) is 3. The van der Waals surface area contributed by atoms with Crippen LogP contribution in [0.5, 0.6) is 5.75 Å². The zero-order valence-corrected chi connectivity index (χ0v) is 12.1. The van der Waals surface area contributed by atoms with Crippen molar-refractivity contribution in [2.75, 3.05) is 18.5 Å². The summed E-state index contributed by atoms with van der Waals surface area (Å²) in [5.41, 5.74) is 2.59. The van der Waals surface area contributed by atoms with Crippen LogP contribution < -0.4 is 10.1 Å². The van der Waals surface area contributed by atoms with Crippen LogP contribution in [0.25, 0.3) is 0 Å². The number of benzene rings is 1. The number of hydrogen-bond donors (Lipinski definition) is 1. The molecule has 4 heteroatoms. The van der Waals surface area contributed by atoms with Crippen molar-refractivity contribution in [3.8, 4) is 5.75 Å². The Balaban J connectivity index is 1.90. The predicted molar refractivity (Wildman–Crippen MR) is 80.5 cm³/mol. The van der Waals surface area contributed by atoms with E-state index < -0.39 is 0 Å². The molecule has 1 aliphatic heterocycles. The quantitative estimate of drug-likeness (QED) is 0.927.